The zero-order valence-corrected chi connectivity index (χ0v) is 11.5. The summed E-state index contributed by atoms with van der Waals surface area (Å²) < 4.78 is 13.7. The van der Waals surface area contributed by atoms with Gasteiger partial charge in [0.05, 0.1) is 29.2 Å². The Hall–Kier alpha value is -2.42. The molecule has 3 atom stereocenters. The number of carboxylic acids is 1. The highest BCUT2D eigenvalue weighted by atomic mass is 19.1. The van der Waals surface area contributed by atoms with Crippen LogP contribution in [0.15, 0.2) is 18.2 Å². The molecule has 0 saturated heterocycles. The third-order valence-corrected chi connectivity index (χ3v) is 3.81. The van der Waals surface area contributed by atoms with Gasteiger partial charge in [-0.05, 0) is 37.0 Å². The van der Waals surface area contributed by atoms with Crippen LogP contribution in [0.3, 0.4) is 0 Å². The van der Waals surface area contributed by atoms with Gasteiger partial charge in [0.15, 0.2) is 0 Å². The highest BCUT2D eigenvalue weighted by Crippen LogP contribution is 2.37. The summed E-state index contributed by atoms with van der Waals surface area (Å²) in [4.78, 5) is 23.4. The van der Waals surface area contributed by atoms with Crippen LogP contribution in [-0.2, 0) is 9.59 Å². The van der Waals surface area contributed by atoms with E-state index in [0.717, 1.165) is 6.07 Å². The Bertz CT molecular complexity index is 624. The number of halogens is 1. The molecule has 1 amide bonds. The van der Waals surface area contributed by atoms with Gasteiger partial charge in [-0.15, -0.1) is 0 Å². The lowest BCUT2D eigenvalue weighted by Crippen LogP contribution is -2.30. The first-order chi connectivity index (χ1) is 9.92. The number of carboxylic acid groups (broad SMARTS) is 1. The predicted molar refractivity (Wildman–Crippen MR) is 72.8 cm³/mol. The fourth-order valence-electron chi connectivity index (χ4n) is 2.77. The van der Waals surface area contributed by atoms with Crippen LogP contribution in [-0.4, -0.2) is 17.0 Å². The molecule has 6 heteroatoms. The maximum Gasteiger partial charge on any atom is 0.307 e. The molecule has 1 fully saturated rings. The molecule has 1 aromatic carbocycles. The number of amides is 1. The van der Waals surface area contributed by atoms with Crippen molar-refractivity contribution < 1.29 is 19.1 Å². The molecule has 0 spiro atoms. The van der Waals surface area contributed by atoms with Crippen molar-refractivity contribution in [2.75, 3.05) is 5.32 Å². The maximum atomic E-state index is 13.7. The molecule has 1 aliphatic rings. The van der Waals surface area contributed by atoms with Crippen LogP contribution < -0.4 is 5.32 Å². The molecule has 1 aliphatic carbocycles. The Morgan fingerprint density at radius 2 is 2.05 bits per heavy atom. The van der Waals surface area contributed by atoms with Gasteiger partial charge in [-0.1, -0.05) is 6.92 Å². The topological polar surface area (TPSA) is 90.2 Å². The highest BCUT2D eigenvalue weighted by molar-refractivity contribution is 5.95. The molecule has 5 nitrogen and oxygen atoms in total. The molecular formula is C15H15FN2O3. The Morgan fingerprint density at radius 1 is 1.38 bits per heavy atom. The molecule has 1 aromatic rings. The van der Waals surface area contributed by atoms with Crippen molar-refractivity contribution in [2.45, 2.75) is 19.8 Å². The third kappa shape index (κ3) is 3.19. The number of rotatable bonds is 3. The number of hydrogen-bond donors (Lipinski definition) is 2. The summed E-state index contributed by atoms with van der Waals surface area (Å²) in [6.45, 7) is 1.89. The first kappa shape index (κ1) is 15.0. The van der Waals surface area contributed by atoms with Crippen molar-refractivity contribution in [3.8, 4) is 6.07 Å². The quantitative estimate of drug-likeness (QED) is 0.894. The minimum absolute atomic E-state index is 0.0392. The summed E-state index contributed by atoms with van der Waals surface area (Å²) in [5, 5.41) is 20.2. The van der Waals surface area contributed by atoms with E-state index in [2.05, 4.69) is 5.32 Å². The van der Waals surface area contributed by atoms with E-state index in [9.17, 15) is 14.0 Å². The van der Waals surface area contributed by atoms with E-state index in [1.165, 1.54) is 12.1 Å². The van der Waals surface area contributed by atoms with Gasteiger partial charge >= 0.3 is 5.97 Å². The molecule has 0 heterocycles. The van der Waals surface area contributed by atoms with Crippen molar-refractivity contribution in [2.24, 2.45) is 17.8 Å². The summed E-state index contributed by atoms with van der Waals surface area (Å²) in [5.41, 5.74) is 0.117. The van der Waals surface area contributed by atoms with E-state index < -0.39 is 29.5 Å². The number of carbonyl (C=O) groups excluding carboxylic acids is 1. The van der Waals surface area contributed by atoms with Gasteiger partial charge in [-0.25, -0.2) is 4.39 Å². The summed E-state index contributed by atoms with van der Waals surface area (Å²) in [6, 6.07) is 5.53. The maximum absolute atomic E-state index is 13.7. The molecule has 2 N–H and O–H groups in total. The fraction of sp³-hybridized carbons (Fsp3) is 0.400. The summed E-state index contributed by atoms with van der Waals surface area (Å²) in [5.74, 6) is -3.45. The first-order valence-electron chi connectivity index (χ1n) is 6.65. The van der Waals surface area contributed by atoms with Crippen molar-refractivity contribution in [3.05, 3.63) is 29.6 Å². The van der Waals surface area contributed by atoms with Gasteiger partial charge in [0.25, 0.3) is 0 Å². The fourth-order valence-corrected chi connectivity index (χ4v) is 2.77. The lowest BCUT2D eigenvalue weighted by molar-refractivity contribution is -0.145. The Kier molecular flexibility index (Phi) is 4.22. The van der Waals surface area contributed by atoms with Crippen LogP contribution in [0.1, 0.15) is 25.3 Å². The molecule has 1 saturated carbocycles. The number of nitriles is 1. The summed E-state index contributed by atoms with van der Waals surface area (Å²) >= 11 is 0. The van der Waals surface area contributed by atoms with Crippen molar-refractivity contribution in [1.82, 2.24) is 0 Å². The largest absolute Gasteiger partial charge is 0.481 e. The van der Waals surface area contributed by atoms with E-state index in [1.54, 1.807) is 6.07 Å². The molecule has 1 unspecified atom stereocenters. The number of hydrogen-bond acceptors (Lipinski definition) is 3. The zero-order chi connectivity index (χ0) is 15.6. The van der Waals surface area contributed by atoms with Crippen LogP contribution in [0, 0.1) is 34.9 Å². The number of aliphatic carboxylic acids is 1. The summed E-state index contributed by atoms with van der Waals surface area (Å²) in [7, 11) is 0. The molecule has 2 rings (SSSR count). The van der Waals surface area contributed by atoms with Crippen LogP contribution in [0.2, 0.25) is 0 Å². The molecule has 0 bridgehead atoms. The van der Waals surface area contributed by atoms with Crippen molar-refractivity contribution >= 4 is 17.6 Å². The Morgan fingerprint density at radius 3 is 2.62 bits per heavy atom. The lowest BCUT2D eigenvalue weighted by atomic mass is 9.95. The molecular weight excluding hydrogens is 275 g/mol. The second kappa shape index (κ2) is 5.92. The summed E-state index contributed by atoms with van der Waals surface area (Å²) in [6.07, 6.45) is 0.921. The Balaban J connectivity index is 2.14. The van der Waals surface area contributed by atoms with E-state index in [0.29, 0.717) is 12.8 Å². The van der Waals surface area contributed by atoms with Crippen molar-refractivity contribution in [3.63, 3.8) is 0 Å². The molecule has 0 aromatic heterocycles. The van der Waals surface area contributed by atoms with E-state index in [4.69, 9.17) is 10.4 Å². The van der Waals surface area contributed by atoms with Gasteiger partial charge in [-0.3, -0.25) is 9.59 Å². The second-order valence-corrected chi connectivity index (χ2v) is 5.42. The van der Waals surface area contributed by atoms with E-state index in [-0.39, 0.29) is 17.2 Å². The van der Waals surface area contributed by atoms with Crippen LogP contribution in [0.5, 0.6) is 0 Å². The van der Waals surface area contributed by atoms with Crippen molar-refractivity contribution in [1.29, 1.82) is 5.26 Å². The minimum Gasteiger partial charge on any atom is -0.481 e. The Labute approximate surface area is 121 Å². The van der Waals surface area contributed by atoms with E-state index >= 15 is 0 Å². The number of anilines is 1. The zero-order valence-electron chi connectivity index (χ0n) is 11.5. The standard InChI is InChI=1S/C15H15FN2O3/c1-8-4-10(11(5-8)15(20)21)14(19)18-13-3-2-9(7-17)6-12(13)16/h2-3,6,8,10-11H,4-5H2,1H3,(H,18,19)(H,20,21)/t8?,10-,11+/m0/s1. The normalized spacial score (nSPS) is 24.3. The third-order valence-electron chi connectivity index (χ3n) is 3.81. The first-order valence-corrected chi connectivity index (χ1v) is 6.65. The van der Waals surface area contributed by atoms with Gasteiger partial charge < -0.3 is 10.4 Å². The molecule has 0 radical (unpaired) electrons. The molecule has 110 valence electrons. The number of benzene rings is 1. The average Bonchev–Trinajstić information content (AvgIpc) is 2.83. The van der Waals surface area contributed by atoms with Gasteiger partial charge in [0.1, 0.15) is 5.82 Å². The number of nitrogens with one attached hydrogen (secondary N) is 1. The van der Waals surface area contributed by atoms with Crippen LogP contribution in [0.25, 0.3) is 0 Å². The lowest BCUT2D eigenvalue weighted by Gasteiger charge is -2.15. The molecule has 21 heavy (non-hydrogen) atoms. The minimum atomic E-state index is -1.00. The van der Waals surface area contributed by atoms with Gasteiger partial charge in [-0.2, -0.15) is 5.26 Å². The SMILES string of the molecule is CC1C[C@H](C(=O)Nc2ccc(C#N)cc2F)[C@H](C(=O)O)C1. The van der Waals surface area contributed by atoms with Gasteiger partial charge in [0.2, 0.25) is 5.91 Å². The monoisotopic (exact) mass is 290 g/mol. The van der Waals surface area contributed by atoms with Crippen LogP contribution >= 0.6 is 0 Å². The number of nitrogens with zero attached hydrogens (tertiary/aromatic N) is 1. The van der Waals surface area contributed by atoms with Gasteiger partial charge in [0, 0.05) is 0 Å². The predicted octanol–water partition coefficient (Wildman–Crippen LogP) is 2.38. The average molecular weight is 290 g/mol. The smallest absolute Gasteiger partial charge is 0.307 e. The highest BCUT2D eigenvalue weighted by Gasteiger charge is 2.41. The van der Waals surface area contributed by atoms with Crippen LogP contribution in [0.4, 0.5) is 10.1 Å². The molecule has 0 aliphatic heterocycles. The second-order valence-electron chi connectivity index (χ2n) is 5.42. The number of carbonyl (C=O) groups is 2. The van der Waals surface area contributed by atoms with E-state index in [1.807, 2.05) is 6.92 Å².